The minimum absolute atomic E-state index is 0.0932. The van der Waals surface area contributed by atoms with Crippen molar-refractivity contribution in [2.24, 2.45) is 10.7 Å². The summed E-state index contributed by atoms with van der Waals surface area (Å²) >= 11 is 0. The van der Waals surface area contributed by atoms with Gasteiger partial charge in [0.2, 0.25) is 0 Å². The molecule has 0 bridgehead atoms. The first-order valence-electron chi connectivity index (χ1n) is 9.21. The average Bonchev–Trinajstić information content (AvgIpc) is 2.68. The number of piperidine rings is 1. The maximum absolute atomic E-state index is 12.8. The van der Waals surface area contributed by atoms with Gasteiger partial charge in [-0.3, -0.25) is 4.79 Å². The SMILES string of the molecule is CCc1ccc(C(=O)N2CCC3(CC2)N=C(N)c2ccccc2N3)cc1. The van der Waals surface area contributed by atoms with Crippen molar-refractivity contribution in [2.45, 2.75) is 31.8 Å². The Balaban J connectivity index is 1.47. The first-order chi connectivity index (χ1) is 12.6. The molecule has 2 aromatic carbocycles. The summed E-state index contributed by atoms with van der Waals surface area (Å²) < 4.78 is 0. The van der Waals surface area contributed by atoms with E-state index in [1.165, 1.54) is 5.56 Å². The van der Waals surface area contributed by atoms with Gasteiger partial charge in [0.1, 0.15) is 11.5 Å². The highest BCUT2D eigenvalue weighted by atomic mass is 16.2. The number of aliphatic imine (C=N–C) groups is 1. The lowest BCUT2D eigenvalue weighted by molar-refractivity contribution is 0.0685. The summed E-state index contributed by atoms with van der Waals surface area (Å²) in [5, 5.41) is 3.55. The van der Waals surface area contributed by atoms with Crippen LogP contribution in [0.3, 0.4) is 0 Å². The highest BCUT2D eigenvalue weighted by molar-refractivity contribution is 6.04. The van der Waals surface area contributed by atoms with E-state index in [2.05, 4.69) is 12.2 Å². The molecule has 0 aromatic heterocycles. The number of rotatable bonds is 2. The average molecular weight is 348 g/mol. The van der Waals surface area contributed by atoms with Crippen molar-refractivity contribution in [3.63, 3.8) is 0 Å². The van der Waals surface area contributed by atoms with E-state index in [0.29, 0.717) is 18.9 Å². The van der Waals surface area contributed by atoms with Gasteiger partial charge in [-0.25, -0.2) is 4.99 Å². The molecule has 1 fully saturated rings. The number of amidine groups is 1. The van der Waals surface area contributed by atoms with E-state index in [4.69, 9.17) is 10.7 Å². The maximum Gasteiger partial charge on any atom is 0.253 e. The van der Waals surface area contributed by atoms with Gasteiger partial charge in [-0.2, -0.15) is 0 Å². The lowest BCUT2D eigenvalue weighted by atomic mass is 9.93. The van der Waals surface area contributed by atoms with Crippen molar-refractivity contribution in [1.29, 1.82) is 0 Å². The highest BCUT2D eigenvalue weighted by Crippen LogP contribution is 2.34. The lowest BCUT2D eigenvalue weighted by Gasteiger charge is -2.42. The topological polar surface area (TPSA) is 70.7 Å². The van der Waals surface area contributed by atoms with E-state index in [9.17, 15) is 4.79 Å². The van der Waals surface area contributed by atoms with Crippen LogP contribution in [0.5, 0.6) is 0 Å². The standard InChI is InChI=1S/C21H24N4O/c1-2-15-7-9-16(10-8-15)20(26)25-13-11-21(12-14-25)23-18-6-4-3-5-17(18)19(22)24-21/h3-10,23H,2,11-14H2,1H3,(H2,22,24). The molecule has 3 N–H and O–H groups in total. The van der Waals surface area contributed by atoms with Gasteiger partial charge in [0.25, 0.3) is 5.91 Å². The summed E-state index contributed by atoms with van der Waals surface area (Å²) in [6, 6.07) is 15.9. The van der Waals surface area contributed by atoms with E-state index < -0.39 is 5.66 Å². The van der Waals surface area contributed by atoms with Crippen LogP contribution in [0.15, 0.2) is 53.5 Å². The Kier molecular flexibility index (Phi) is 4.15. The Morgan fingerprint density at radius 3 is 2.54 bits per heavy atom. The quantitative estimate of drug-likeness (QED) is 0.876. The smallest absolute Gasteiger partial charge is 0.253 e. The van der Waals surface area contributed by atoms with Gasteiger partial charge < -0.3 is 16.0 Å². The third-order valence-corrected chi connectivity index (χ3v) is 5.39. The Morgan fingerprint density at radius 2 is 1.85 bits per heavy atom. The molecule has 0 aliphatic carbocycles. The number of likely N-dealkylation sites (tertiary alicyclic amines) is 1. The van der Waals surface area contributed by atoms with Crippen molar-refractivity contribution in [1.82, 2.24) is 4.90 Å². The third kappa shape index (κ3) is 2.94. The summed E-state index contributed by atoms with van der Waals surface area (Å²) in [6.45, 7) is 3.45. The van der Waals surface area contributed by atoms with Gasteiger partial charge in [0, 0.05) is 42.7 Å². The fourth-order valence-corrected chi connectivity index (χ4v) is 3.77. The first kappa shape index (κ1) is 16.6. The van der Waals surface area contributed by atoms with Gasteiger partial charge in [-0.05, 0) is 36.2 Å². The second-order valence-corrected chi connectivity index (χ2v) is 7.04. The number of hydrogen-bond donors (Lipinski definition) is 2. The van der Waals surface area contributed by atoms with E-state index >= 15 is 0 Å². The zero-order valence-corrected chi connectivity index (χ0v) is 15.0. The van der Waals surface area contributed by atoms with E-state index in [0.717, 1.165) is 36.1 Å². The molecule has 26 heavy (non-hydrogen) atoms. The normalized spacial score (nSPS) is 18.0. The Labute approximate surface area is 153 Å². The van der Waals surface area contributed by atoms with Crippen LogP contribution in [0.4, 0.5) is 5.69 Å². The Bertz CT molecular complexity index is 849. The highest BCUT2D eigenvalue weighted by Gasteiger charge is 2.38. The molecular weight excluding hydrogens is 324 g/mol. The van der Waals surface area contributed by atoms with Crippen molar-refractivity contribution in [2.75, 3.05) is 18.4 Å². The summed E-state index contributed by atoms with van der Waals surface area (Å²) in [4.78, 5) is 19.4. The zero-order chi connectivity index (χ0) is 18.1. The molecule has 1 saturated heterocycles. The molecule has 1 spiro atoms. The molecule has 2 aliphatic rings. The third-order valence-electron chi connectivity index (χ3n) is 5.39. The minimum atomic E-state index is -0.402. The number of amides is 1. The number of nitrogens with zero attached hydrogens (tertiary/aromatic N) is 2. The van der Waals surface area contributed by atoms with Crippen LogP contribution in [0.25, 0.3) is 0 Å². The predicted octanol–water partition coefficient (Wildman–Crippen LogP) is 3.01. The Hall–Kier alpha value is -2.82. The number of fused-ring (bicyclic) bond motifs is 1. The largest absolute Gasteiger partial charge is 0.383 e. The van der Waals surface area contributed by atoms with Gasteiger partial charge >= 0.3 is 0 Å². The van der Waals surface area contributed by atoms with Crippen molar-refractivity contribution in [3.05, 3.63) is 65.2 Å². The van der Waals surface area contributed by atoms with E-state index in [-0.39, 0.29) is 5.91 Å². The summed E-state index contributed by atoms with van der Waals surface area (Å²) in [6.07, 6.45) is 2.48. The van der Waals surface area contributed by atoms with Crippen molar-refractivity contribution < 1.29 is 4.79 Å². The molecule has 4 rings (SSSR count). The van der Waals surface area contributed by atoms with Crippen molar-refractivity contribution >= 4 is 17.4 Å². The maximum atomic E-state index is 12.8. The minimum Gasteiger partial charge on any atom is -0.383 e. The van der Waals surface area contributed by atoms with Crippen LogP contribution in [0.2, 0.25) is 0 Å². The number of benzene rings is 2. The molecule has 0 atom stereocenters. The van der Waals surface area contributed by atoms with E-state index in [1.807, 2.05) is 53.4 Å². The number of carbonyl (C=O) groups excluding carboxylic acids is 1. The second kappa shape index (κ2) is 6.48. The number of hydrogen-bond acceptors (Lipinski definition) is 4. The number of aryl methyl sites for hydroxylation is 1. The molecule has 1 amide bonds. The molecule has 0 radical (unpaired) electrons. The molecular formula is C21H24N4O. The van der Waals surface area contributed by atoms with Crippen LogP contribution in [0.1, 0.15) is 41.3 Å². The van der Waals surface area contributed by atoms with Gasteiger partial charge in [0.05, 0.1) is 0 Å². The molecule has 134 valence electrons. The second-order valence-electron chi connectivity index (χ2n) is 7.04. The molecule has 0 saturated carbocycles. The molecule has 5 heteroatoms. The van der Waals surface area contributed by atoms with Crippen LogP contribution in [-0.4, -0.2) is 35.4 Å². The number of nitrogens with one attached hydrogen (secondary N) is 1. The van der Waals surface area contributed by atoms with Crippen LogP contribution >= 0.6 is 0 Å². The van der Waals surface area contributed by atoms with Gasteiger partial charge in [0.15, 0.2) is 0 Å². The molecule has 2 aromatic rings. The first-order valence-corrected chi connectivity index (χ1v) is 9.21. The fourth-order valence-electron chi connectivity index (χ4n) is 3.77. The lowest BCUT2D eigenvalue weighted by Crippen LogP contribution is -2.52. The zero-order valence-electron chi connectivity index (χ0n) is 15.0. The summed E-state index contributed by atoms with van der Waals surface area (Å²) in [5.74, 6) is 0.671. The number of carbonyl (C=O) groups is 1. The molecule has 2 aliphatic heterocycles. The molecule has 2 heterocycles. The van der Waals surface area contributed by atoms with Crippen LogP contribution in [0, 0.1) is 0 Å². The van der Waals surface area contributed by atoms with Crippen LogP contribution < -0.4 is 11.1 Å². The van der Waals surface area contributed by atoms with Gasteiger partial charge in [-0.15, -0.1) is 0 Å². The van der Waals surface area contributed by atoms with Crippen LogP contribution in [-0.2, 0) is 6.42 Å². The monoisotopic (exact) mass is 348 g/mol. The van der Waals surface area contributed by atoms with Crippen molar-refractivity contribution in [3.8, 4) is 0 Å². The summed E-state index contributed by atoms with van der Waals surface area (Å²) in [5.41, 5.74) is 9.76. The predicted molar refractivity (Wildman–Crippen MR) is 104 cm³/mol. The fraction of sp³-hybridized carbons (Fsp3) is 0.333. The van der Waals surface area contributed by atoms with Gasteiger partial charge in [-0.1, -0.05) is 31.2 Å². The Morgan fingerprint density at radius 1 is 1.15 bits per heavy atom. The molecule has 0 unspecified atom stereocenters. The van der Waals surface area contributed by atoms with E-state index in [1.54, 1.807) is 0 Å². The number of anilines is 1. The summed E-state index contributed by atoms with van der Waals surface area (Å²) in [7, 11) is 0. The number of para-hydroxylation sites is 1. The number of nitrogens with two attached hydrogens (primary N) is 1. The molecule has 5 nitrogen and oxygen atoms in total.